The van der Waals surface area contributed by atoms with Crippen molar-refractivity contribution < 1.29 is 58.2 Å². The average Bonchev–Trinajstić information content (AvgIpc) is 3.62. The number of nitrogens with zero attached hydrogens (tertiary/aromatic N) is 1. The van der Waals surface area contributed by atoms with Crippen LogP contribution in [-0.4, -0.2) is 106 Å². The summed E-state index contributed by atoms with van der Waals surface area (Å²) in [5.74, 6) is -2.60. The van der Waals surface area contributed by atoms with Gasteiger partial charge in [-0.2, -0.15) is 0 Å². The molecule has 1 aliphatic carbocycles. The number of aliphatic hydroxyl groups is 2. The highest BCUT2D eigenvalue weighted by Crippen LogP contribution is 2.45. The number of aliphatic carboxylic acids is 1. The molecule has 0 aromatic heterocycles. The van der Waals surface area contributed by atoms with Gasteiger partial charge >= 0.3 is 24.2 Å². The van der Waals surface area contributed by atoms with Crippen LogP contribution in [0.25, 0.3) is 11.1 Å². The Bertz CT molecular complexity index is 2440. The maximum absolute atomic E-state index is 13.7. The van der Waals surface area contributed by atoms with E-state index in [2.05, 4.69) is 20.9 Å². The summed E-state index contributed by atoms with van der Waals surface area (Å²) in [4.78, 5) is 57.8. The molecule has 0 radical (unpaired) electrons. The summed E-state index contributed by atoms with van der Waals surface area (Å²) < 4.78 is 29.9. The molecule has 3 amide bonds. The van der Waals surface area contributed by atoms with Crippen molar-refractivity contribution in [2.75, 3.05) is 13.2 Å². The Morgan fingerprint density at radius 2 is 1.04 bits per heavy atom. The second kappa shape index (κ2) is 21.0. The second-order valence-corrected chi connectivity index (χ2v) is 18.7. The lowest BCUT2D eigenvalue weighted by Gasteiger charge is -2.44. The van der Waals surface area contributed by atoms with Crippen molar-refractivity contribution in [2.45, 2.75) is 101 Å². The second-order valence-electron chi connectivity index (χ2n) is 18.7. The smallest absolute Gasteiger partial charge is 0.414 e. The SMILES string of the molecule is CC(C)(C)OC(=O)NC(=N[C@H]1[C@@H](O)[C@H]([C@H](NC(=O)OCC2c3ccccc3-c3ccccc32)C(=O)O)O[C@H](COC(c2ccccc2)(c2ccccc2)c2ccccc2)[C@H]1O)NC(=O)OC(C)(C)C. The van der Waals surface area contributed by atoms with Gasteiger partial charge in [0.05, 0.1) is 6.61 Å². The van der Waals surface area contributed by atoms with Gasteiger partial charge in [0.2, 0.25) is 5.96 Å². The number of carbonyl (C=O) groups excluding carboxylic acids is 3. The van der Waals surface area contributed by atoms with Gasteiger partial charge in [-0.25, -0.2) is 24.2 Å². The summed E-state index contributed by atoms with van der Waals surface area (Å²) in [5, 5.41) is 42.2. The molecule has 1 saturated heterocycles. The van der Waals surface area contributed by atoms with E-state index in [-0.39, 0.29) is 12.5 Å². The number of aliphatic hydroxyl groups excluding tert-OH is 2. The quantitative estimate of drug-likeness (QED) is 0.0315. The highest BCUT2D eigenvalue weighted by Gasteiger charge is 2.51. The molecule has 0 unspecified atom stereocenters. The van der Waals surface area contributed by atoms with E-state index in [0.717, 1.165) is 22.3 Å². The number of alkyl carbamates (subject to hydrolysis) is 3. The lowest BCUT2D eigenvalue weighted by Crippen LogP contribution is -2.66. The fourth-order valence-corrected chi connectivity index (χ4v) is 8.62. The van der Waals surface area contributed by atoms with E-state index in [1.807, 2.05) is 140 Å². The maximum Gasteiger partial charge on any atom is 0.414 e. The number of nitrogens with one attached hydrogen (secondary N) is 3. The van der Waals surface area contributed by atoms with Crippen molar-refractivity contribution in [2.24, 2.45) is 4.99 Å². The minimum absolute atomic E-state index is 0.154. The third-order valence-electron chi connectivity index (χ3n) is 11.5. The minimum Gasteiger partial charge on any atom is -0.480 e. The van der Waals surface area contributed by atoms with Crippen LogP contribution in [0.5, 0.6) is 0 Å². The number of aliphatic imine (C=N–C) groups is 1. The number of fused-ring (bicyclic) bond motifs is 3. The van der Waals surface area contributed by atoms with E-state index in [1.165, 1.54) is 0 Å². The standard InChI is InChI=1S/C53H58N4O12/c1-51(2,3)68-49(63)56-47(57-50(64)69-52(4,5)6)54-41-43(58)40(31-66-53(32-20-10-7-11-21-32,33-22-12-8-13-23-33)34-24-14-9-15-25-34)67-45(44(41)59)42(46(60)61)55-48(62)65-30-39-37-28-18-16-26-35(37)36-27-17-19-29-38(36)39/h7-29,39-45,58-59H,30-31H2,1-6H3,(H,55,62)(H,60,61)(H2,54,56,57,63,64)/t40-,41-,42+,43-,44-,45+/m1/s1. The Morgan fingerprint density at radius 3 is 1.48 bits per heavy atom. The molecule has 2 aliphatic rings. The van der Waals surface area contributed by atoms with Gasteiger partial charge in [-0.05, 0) is 80.5 Å². The fourth-order valence-electron chi connectivity index (χ4n) is 8.62. The van der Waals surface area contributed by atoms with Crippen LogP contribution in [0.15, 0.2) is 145 Å². The molecule has 362 valence electrons. The number of hydrogen-bond acceptors (Lipinski definition) is 12. The first-order valence-corrected chi connectivity index (χ1v) is 22.6. The minimum atomic E-state index is -2.04. The zero-order valence-corrected chi connectivity index (χ0v) is 39.2. The molecule has 69 heavy (non-hydrogen) atoms. The van der Waals surface area contributed by atoms with Crippen molar-refractivity contribution >= 4 is 30.2 Å². The predicted octanol–water partition coefficient (Wildman–Crippen LogP) is 7.25. The van der Waals surface area contributed by atoms with E-state index in [9.17, 15) is 34.5 Å². The molecule has 5 aromatic carbocycles. The van der Waals surface area contributed by atoms with E-state index in [1.54, 1.807) is 41.5 Å². The van der Waals surface area contributed by atoms with Gasteiger partial charge in [0.1, 0.15) is 53.9 Å². The molecule has 1 heterocycles. The summed E-state index contributed by atoms with van der Waals surface area (Å²) in [5.41, 5.74) is 2.56. The molecule has 7 rings (SSSR count). The maximum atomic E-state index is 13.7. The van der Waals surface area contributed by atoms with Crippen molar-refractivity contribution in [3.8, 4) is 11.1 Å². The lowest BCUT2D eigenvalue weighted by atomic mass is 9.80. The molecule has 6 atom stereocenters. The predicted molar refractivity (Wildman–Crippen MR) is 255 cm³/mol. The van der Waals surface area contributed by atoms with Crippen LogP contribution in [0.2, 0.25) is 0 Å². The van der Waals surface area contributed by atoms with E-state index in [0.29, 0.717) is 16.7 Å². The zero-order valence-electron chi connectivity index (χ0n) is 39.2. The zero-order chi connectivity index (χ0) is 49.5. The van der Waals surface area contributed by atoms with Crippen molar-refractivity contribution in [3.05, 3.63) is 167 Å². The van der Waals surface area contributed by atoms with Crippen LogP contribution in [0, 0.1) is 0 Å². The lowest BCUT2D eigenvalue weighted by molar-refractivity contribution is -0.211. The summed E-state index contributed by atoms with van der Waals surface area (Å²) in [7, 11) is 0. The largest absolute Gasteiger partial charge is 0.480 e. The van der Waals surface area contributed by atoms with Gasteiger partial charge in [-0.15, -0.1) is 0 Å². The van der Waals surface area contributed by atoms with Crippen molar-refractivity contribution in [1.82, 2.24) is 16.0 Å². The number of amides is 3. The number of carbonyl (C=O) groups is 4. The van der Waals surface area contributed by atoms with Crippen molar-refractivity contribution in [1.29, 1.82) is 0 Å². The molecule has 0 bridgehead atoms. The normalized spacial score (nSPS) is 19.4. The molecule has 6 N–H and O–H groups in total. The Hall–Kier alpha value is -7.11. The van der Waals surface area contributed by atoms with Gasteiger partial charge in [0.25, 0.3) is 0 Å². The summed E-state index contributed by atoms with van der Waals surface area (Å²) in [6.07, 6.45) is -10.5. The first-order chi connectivity index (χ1) is 32.8. The highest BCUT2D eigenvalue weighted by molar-refractivity contribution is 6.01. The van der Waals surface area contributed by atoms with Gasteiger partial charge in [-0.3, -0.25) is 10.6 Å². The van der Waals surface area contributed by atoms with Crippen molar-refractivity contribution in [3.63, 3.8) is 0 Å². The molecule has 0 saturated carbocycles. The summed E-state index contributed by atoms with van der Waals surface area (Å²) in [6, 6.07) is 39.6. The number of guanidine groups is 1. The van der Waals surface area contributed by atoms with Gasteiger partial charge in [0, 0.05) is 5.92 Å². The summed E-state index contributed by atoms with van der Waals surface area (Å²) >= 11 is 0. The molecule has 0 spiro atoms. The number of rotatable bonds is 12. The van der Waals surface area contributed by atoms with Crippen LogP contribution in [0.3, 0.4) is 0 Å². The van der Waals surface area contributed by atoms with Crippen LogP contribution in [0.1, 0.15) is 75.3 Å². The number of carboxylic acids is 1. The summed E-state index contributed by atoms with van der Waals surface area (Å²) in [6.45, 7) is 9.05. The fraction of sp³-hybridized carbons (Fsp3) is 0.340. The van der Waals surface area contributed by atoms with Crippen LogP contribution < -0.4 is 16.0 Å². The Morgan fingerprint density at radius 1 is 0.609 bits per heavy atom. The Kier molecular flexibility index (Phi) is 15.2. The molecule has 16 nitrogen and oxygen atoms in total. The van der Waals surface area contributed by atoms with Gasteiger partial charge in [-0.1, -0.05) is 140 Å². The highest BCUT2D eigenvalue weighted by atomic mass is 16.6. The first kappa shape index (κ1) is 49.8. The Balaban J connectivity index is 1.25. The monoisotopic (exact) mass is 942 g/mol. The van der Waals surface area contributed by atoms with E-state index >= 15 is 0 Å². The number of benzene rings is 5. The number of ether oxygens (including phenoxy) is 5. The number of hydrogen-bond donors (Lipinski definition) is 6. The van der Waals surface area contributed by atoms with Gasteiger partial charge in [0.15, 0.2) is 6.04 Å². The third kappa shape index (κ3) is 11.8. The number of carboxylic acid groups (broad SMARTS) is 1. The van der Waals surface area contributed by atoms with Crippen LogP contribution in [0.4, 0.5) is 14.4 Å². The Labute approximate surface area is 400 Å². The topological polar surface area (TPSA) is 224 Å². The molecule has 1 fully saturated rings. The third-order valence-corrected chi connectivity index (χ3v) is 11.5. The van der Waals surface area contributed by atoms with Crippen LogP contribution >= 0.6 is 0 Å². The molecular weight excluding hydrogens is 885 g/mol. The average molecular weight is 943 g/mol. The van der Waals surface area contributed by atoms with Gasteiger partial charge < -0.3 is 44.3 Å². The van der Waals surface area contributed by atoms with E-state index in [4.69, 9.17) is 23.7 Å². The first-order valence-electron chi connectivity index (χ1n) is 22.6. The molecular formula is C53H58N4O12. The molecule has 5 aromatic rings. The van der Waals surface area contributed by atoms with E-state index < -0.39 is 90.1 Å². The molecule has 1 aliphatic heterocycles. The molecule has 16 heteroatoms. The van der Waals surface area contributed by atoms with Crippen LogP contribution in [-0.2, 0) is 34.1 Å².